The molecule has 35 heavy (non-hydrogen) atoms. The Kier molecular flexibility index (Phi) is 9.19. The Hall–Kier alpha value is -4.87. The predicted molar refractivity (Wildman–Crippen MR) is 137 cm³/mol. The Labute approximate surface area is 203 Å². The van der Waals surface area contributed by atoms with Gasteiger partial charge in [-0.1, -0.05) is 84.0 Å². The third-order valence-electron chi connectivity index (χ3n) is 4.82. The van der Waals surface area contributed by atoms with Gasteiger partial charge in [0.2, 0.25) is 0 Å². The summed E-state index contributed by atoms with van der Waals surface area (Å²) >= 11 is 0. The SMILES string of the molecule is COc1ccc(/C=C/C(=O)/C(=C/c2ccccc2)C(=O)/C=C/c2ccccc2)cc1OCN=[N+]=[N-]. The van der Waals surface area contributed by atoms with Gasteiger partial charge in [0, 0.05) is 4.91 Å². The van der Waals surface area contributed by atoms with Crippen LogP contribution in [0.1, 0.15) is 16.7 Å². The molecule has 3 rings (SSSR count). The highest BCUT2D eigenvalue weighted by Gasteiger charge is 2.14. The zero-order valence-corrected chi connectivity index (χ0v) is 19.1. The molecule has 0 amide bonds. The van der Waals surface area contributed by atoms with E-state index in [1.165, 1.54) is 19.3 Å². The molecule has 174 valence electrons. The van der Waals surface area contributed by atoms with Crippen molar-refractivity contribution < 1.29 is 19.1 Å². The molecule has 0 unspecified atom stereocenters. The van der Waals surface area contributed by atoms with Crippen LogP contribution >= 0.6 is 0 Å². The van der Waals surface area contributed by atoms with Gasteiger partial charge >= 0.3 is 0 Å². The lowest BCUT2D eigenvalue weighted by molar-refractivity contribution is -0.116. The Balaban J connectivity index is 1.87. The number of hydrogen-bond donors (Lipinski definition) is 0. The summed E-state index contributed by atoms with van der Waals surface area (Å²) in [6.07, 6.45) is 7.56. The minimum absolute atomic E-state index is 0.0352. The van der Waals surface area contributed by atoms with Crippen LogP contribution in [0.15, 0.2) is 102 Å². The number of azide groups is 1. The highest BCUT2D eigenvalue weighted by atomic mass is 16.5. The standard InChI is InChI=1S/C28H23N3O4/c1-34-27-17-14-23(19-28(27)35-20-30-31-29)13-16-26(33)24(18-22-10-6-3-7-11-22)25(32)15-12-21-8-4-2-5-9-21/h2-19H,20H2,1H3/b15-12+,16-13+,24-18+. The van der Waals surface area contributed by atoms with Gasteiger partial charge in [-0.2, -0.15) is 0 Å². The zero-order valence-electron chi connectivity index (χ0n) is 19.1. The molecule has 0 radical (unpaired) electrons. The first-order chi connectivity index (χ1) is 17.1. The van der Waals surface area contributed by atoms with Crippen LogP contribution in [0.25, 0.3) is 28.7 Å². The van der Waals surface area contributed by atoms with E-state index < -0.39 is 11.6 Å². The van der Waals surface area contributed by atoms with E-state index in [4.69, 9.17) is 15.0 Å². The van der Waals surface area contributed by atoms with Gasteiger partial charge in [0.25, 0.3) is 0 Å². The second kappa shape index (κ2) is 13.0. The Morgan fingerprint density at radius 1 is 0.829 bits per heavy atom. The third-order valence-corrected chi connectivity index (χ3v) is 4.82. The number of carbonyl (C=O) groups excluding carboxylic acids is 2. The molecule has 0 aromatic heterocycles. The molecule has 0 N–H and O–H groups in total. The molecule has 0 atom stereocenters. The fourth-order valence-corrected chi connectivity index (χ4v) is 3.10. The second-order valence-electron chi connectivity index (χ2n) is 7.19. The van der Waals surface area contributed by atoms with E-state index in [1.54, 1.807) is 36.4 Å². The molecule has 0 fully saturated rings. The van der Waals surface area contributed by atoms with Gasteiger partial charge in [0.05, 0.1) is 12.7 Å². The summed E-state index contributed by atoms with van der Waals surface area (Å²) in [5.41, 5.74) is 10.7. The molecule has 0 aliphatic heterocycles. The van der Waals surface area contributed by atoms with Crippen LogP contribution < -0.4 is 9.47 Å². The lowest BCUT2D eigenvalue weighted by Crippen LogP contribution is -2.08. The zero-order chi connectivity index (χ0) is 24.9. The summed E-state index contributed by atoms with van der Waals surface area (Å²) in [5, 5.41) is 3.35. The van der Waals surface area contributed by atoms with Crippen molar-refractivity contribution in [1.82, 2.24) is 0 Å². The van der Waals surface area contributed by atoms with Crippen LogP contribution in [0.3, 0.4) is 0 Å². The number of benzene rings is 3. The summed E-state index contributed by atoms with van der Waals surface area (Å²) in [7, 11) is 1.49. The van der Waals surface area contributed by atoms with Crippen LogP contribution in [0.5, 0.6) is 11.5 Å². The minimum atomic E-state index is -0.441. The molecule has 0 spiro atoms. The molecule has 7 nitrogen and oxygen atoms in total. The molecule has 0 saturated carbocycles. The number of rotatable bonds is 11. The van der Waals surface area contributed by atoms with Crippen LogP contribution in [-0.2, 0) is 9.59 Å². The van der Waals surface area contributed by atoms with Crippen LogP contribution in [-0.4, -0.2) is 25.4 Å². The number of hydrogen-bond acceptors (Lipinski definition) is 5. The van der Waals surface area contributed by atoms with E-state index in [1.807, 2.05) is 60.7 Å². The van der Waals surface area contributed by atoms with E-state index in [0.29, 0.717) is 17.1 Å². The van der Waals surface area contributed by atoms with Gasteiger partial charge in [-0.25, -0.2) is 0 Å². The van der Waals surface area contributed by atoms with Gasteiger partial charge in [0.15, 0.2) is 29.8 Å². The van der Waals surface area contributed by atoms with Crippen LogP contribution in [0.4, 0.5) is 0 Å². The number of ether oxygens (including phenoxy) is 2. The first-order valence-electron chi connectivity index (χ1n) is 10.7. The molecular formula is C28H23N3O4. The monoisotopic (exact) mass is 465 g/mol. The van der Waals surface area contributed by atoms with Gasteiger partial charge in [-0.15, -0.1) is 0 Å². The van der Waals surface area contributed by atoms with Crippen molar-refractivity contribution >= 4 is 29.8 Å². The van der Waals surface area contributed by atoms with E-state index >= 15 is 0 Å². The van der Waals surface area contributed by atoms with Crippen molar-refractivity contribution in [2.24, 2.45) is 5.11 Å². The normalized spacial score (nSPS) is 11.3. The lowest BCUT2D eigenvalue weighted by atomic mass is 10.0. The van der Waals surface area contributed by atoms with Crippen LogP contribution in [0.2, 0.25) is 0 Å². The van der Waals surface area contributed by atoms with E-state index in [9.17, 15) is 9.59 Å². The maximum Gasteiger partial charge on any atom is 0.189 e. The maximum atomic E-state index is 13.1. The quantitative estimate of drug-likeness (QED) is 0.0829. The smallest absolute Gasteiger partial charge is 0.189 e. The van der Waals surface area contributed by atoms with E-state index in [0.717, 1.165) is 11.1 Å². The highest BCUT2D eigenvalue weighted by Crippen LogP contribution is 2.28. The Morgan fingerprint density at radius 2 is 1.43 bits per heavy atom. The summed E-state index contributed by atoms with van der Waals surface area (Å²) in [6, 6.07) is 23.6. The van der Waals surface area contributed by atoms with Crippen molar-refractivity contribution in [3.63, 3.8) is 0 Å². The summed E-state index contributed by atoms with van der Waals surface area (Å²) in [4.78, 5) is 28.7. The van der Waals surface area contributed by atoms with Gasteiger partial charge in [-0.3, -0.25) is 9.59 Å². The summed E-state index contributed by atoms with van der Waals surface area (Å²) in [5.74, 6) is -0.0340. The molecule has 3 aromatic rings. The molecule has 0 aliphatic carbocycles. The number of carbonyl (C=O) groups is 2. The minimum Gasteiger partial charge on any atom is -0.493 e. The molecule has 3 aromatic carbocycles. The predicted octanol–water partition coefficient (Wildman–Crippen LogP) is 6.29. The van der Waals surface area contributed by atoms with Gasteiger partial charge in [0.1, 0.15) is 0 Å². The van der Waals surface area contributed by atoms with E-state index in [2.05, 4.69) is 10.0 Å². The molecule has 7 heteroatoms. The van der Waals surface area contributed by atoms with Gasteiger partial charge in [-0.05, 0) is 52.6 Å². The first-order valence-corrected chi connectivity index (χ1v) is 10.7. The average molecular weight is 466 g/mol. The second-order valence-corrected chi connectivity index (χ2v) is 7.19. The number of methoxy groups -OCH3 is 1. The number of ketones is 2. The summed E-state index contributed by atoms with van der Waals surface area (Å²) < 4.78 is 10.7. The third kappa shape index (κ3) is 7.60. The number of allylic oxidation sites excluding steroid dienone is 3. The molecule has 0 bridgehead atoms. The first kappa shape index (κ1) is 24.8. The topological polar surface area (TPSA) is 101 Å². The highest BCUT2D eigenvalue weighted by molar-refractivity contribution is 6.31. The number of nitrogens with zero attached hydrogens (tertiary/aromatic N) is 3. The van der Waals surface area contributed by atoms with Crippen molar-refractivity contribution in [3.05, 3.63) is 124 Å². The Bertz CT molecular complexity index is 1310. The van der Waals surface area contributed by atoms with E-state index in [-0.39, 0.29) is 12.3 Å². The van der Waals surface area contributed by atoms with Crippen molar-refractivity contribution in [3.8, 4) is 11.5 Å². The van der Waals surface area contributed by atoms with Crippen molar-refractivity contribution in [1.29, 1.82) is 0 Å². The molecule has 0 heterocycles. The average Bonchev–Trinajstić information content (AvgIpc) is 2.90. The maximum absolute atomic E-state index is 13.1. The van der Waals surface area contributed by atoms with Crippen LogP contribution in [0, 0.1) is 0 Å². The van der Waals surface area contributed by atoms with Crippen molar-refractivity contribution in [2.45, 2.75) is 0 Å². The molecule has 0 aliphatic rings. The Morgan fingerprint density at radius 3 is 2.03 bits per heavy atom. The molecule has 0 saturated heterocycles. The fourth-order valence-electron chi connectivity index (χ4n) is 3.10. The lowest BCUT2D eigenvalue weighted by Gasteiger charge is -2.09. The summed E-state index contributed by atoms with van der Waals surface area (Å²) in [6.45, 7) is -0.203. The fraction of sp³-hybridized carbons (Fsp3) is 0.0714. The molecular weight excluding hydrogens is 442 g/mol. The van der Waals surface area contributed by atoms with Crippen molar-refractivity contribution in [2.75, 3.05) is 13.8 Å². The largest absolute Gasteiger partial charge is 0.493 e. The van der Waals surface area contributed by atoms with Gasteiger partial charge < -0.3 is 9.47 Å².